The first-order valence-electron chi connectivity index (χ1n) is 11.4. The van der Waals surface area contributed by atoms with Gasteiger partial charge in [0.2, 0.25) is 0 Å². The van der Waals surface area contributed by atoms with E-state index in [4.69, 9.17) is 24.7 Å². The maximum absolute atomic E-state index is 6.13. The molecule has 0 radical (unpaired) electrons. The number of hydrogen-bond acceptors (Lipinski definition) is 8. The summed E-state index contributed by atoms with van der Waals surface area (Å²) >= 11 is 0. The van der Waals surface area contributed by atoms with E-state index in [1.807, 2.05) is 24.3 Å². The molecule has 2 aromatic rings. The van der Waals surface area contributed by atoms with Crippen molar-refractivity contribution in [1.82, 2.24) is 10.6 Å². The maximum atomic E-state index is 6.13. The number of nitrogens with one attached hydrogen (secondary N) is 2. The van der Waals surface area contributed by atoms with E-state index >= 15 is 0 Å². The normalized spacial score (nSPS) is 10.7. The third-order valence-electron chi connectivity index (χ3n) is 5.58. The second-order valence-electron chi connectivity index (χ2n) is 7.82. The van der Waals surface area contributed by atoms with E-state index in [0.717, 1.165) is 80.4 Å². The van der Waals surface area contributed by atoms with Gasteiger partial charge in [-0.05, 0) is 69.2 Å². The first-order chi connectivity index (χ1) is 16.0. The predicted octanol–water partition coefficient (Wildman–Crippen LogP) is 2.94. The Morgan fingerprint density at radius 2 is 1.30 bits per heavy atom. The molecule has 0 aliphatic heterocycles. The summed E-state index contributed by atoms with van der Waals surface area (Å²) in [5, 5.41) is 7.00. The number of nitrogen functional groups attached to an aromatic ring is 1. The molecule has 8 nitrogen and oxygen atoms in total. The standard InChI is InChI=1S/C25H40N4O4/c1-29(20-8-9-22(30-2)24(17-20)32-4)15-7-13-27-11-6-12-28-14-10-19-16-23(31-3)25(33-5)18-21(19)26/h8-9,16-18,27-28H,6-7,10-15,26H2,1-5H3. The van der Waals surface area contributed by atoms with Crippen LogP contribution in [0.15, 0.2) is 30.3 Å². The van der Waals surface area contributed by atoms with Gasteiger partial charge in [0.25, 0.3) is 0 Å². The number of nitrogens with zero attached hydrogens (tertiary/aromatic N) is 1. The monoisotopic (exact) mass is 460 g/mol. The van der Waals surface area contributed by atoms with E-state index in [2.05, 4.69) is 28.6 Å². The topological polar surface area (TPSA) is 90.2 Å². The highest BCUT2D eigenvalue weighted by Gasteiger charge is 2.09. The van der Waals surface area contributed by atoms with Crippen molar-refractivity contribution in [2.24, 2.45) is 0 Å². The molecule has 0 saturated heterocycles. The van der Waals surface area contributed by atoms with E-state index in [0.29, 0.717) is 11.5 Å². The molecular weight excluding hydrogens is 420 g/mol. The average molecular weight is 461 g/mol. The predicted molar refractivity (Wildman–Crippen MR) is 135 cm³/mol. The summed E-state index contributed by atoms with van der Waals surface area (Å²) < 4.78 is 21.3. The van der Waals surface area contributed by atoms with Crippen molar-refractivity contribution in [2.75, 3.05) is 78.8 Å². The van der Waals surface area contributed by atoms with Crippen LogP contribution in [0.25, 0.3) is 0 Å². The highest BCUT2D eigenvalue weighted by Crippen LogP contribution is 2.32. The molecule has 2 aromatic carbocycles. The van der Waals surface area contributed by atoms with Gasteiger partial charge in [0.1, 0.15) is 0 Å². The van der Waals surface area contributed by atoms with Crippen LogP contribution in [0.3, 0.4) is 0 Å². The smallest absolute Gasteiger partial charge is 0.162 e. The van der Waals surface area contributed by atoms with Crippen molar-refractivity contribution < 1.29 is 18.9 Å². The van der Waals surface area contributed by atoms with Crippen LogP contribution in [-0.2, 0) is 6.42 Å². The molecule has 0 amide bonds. The summed E-state index contributed by atoms with van der Waals surface area (Å²) in [6.45, 7) is 4.78. The molecule has 0 fully saturated rings. The van der Waals surface area contributed by atoms with Gasteiger partial charge in [-0.2, -0.15) is 0 Å². The molecule has 8 heteroatoms. The van der Waals surface area contributed by atoms with Crippen LogP contribution in [0, 0.1) is 0 Å². The van der Waals surface area contributed by atoms with Gasteiger partial charge in [-0.3, -0.25) is 0 Å². The maximum Gasteiger partial charge on any atom is 0.162 e. The minimum absolute atomic E-state index is 0.660. The van der Waals surface area contributed by atoms with Crippen LogP contribution in [0.4, 0.5) is 11.4 Å². The third-order valence-corrected chi connectivity index (χ3v) is 5.58. The van der Waals surface area contributed by atoms with Crippen LogP contribution < -0.4 is 40.2 Å². The van der Waals surface area contributed by atoms with Gasteiger partial charge in [-0.25, -0.2) is 0 Å². The molecule has 184 valence electrons. The van der Waals surface area contributed by atoms with Gasteiger partial charge >= 0.3 is 0 Å². The highest BCUT2D eigenvalue weighted by molar-refractivity contribution is 5.58. The summed E-state index contributed by atoms with van der Waals surface area (Å²) in [6.07, 6.45) is 2.99. The fourth-order valence-electron chi connectivity index (χ4n) is 3.60. The van der Waals surface area contributed by atoms with Gasteiger partial charge in [0.15, 0.2) is 23.0 Å². The SMILES string of the molecule is COc1ccc(N(C)CCCNCCCNCCc2cc(OC)c(OC)cc2N)cc1OC. The number of anilines is 2. The lowest BCUT2D eigenvalue weighted by molar-refractivity contribution is 0.354. The van der Waals surface area contributed by atoms with Crippen molar-refractivity contribution in [1.29, 1.82) is 0 Å². The molecule has 0 spiro atoms. The van der Waals surface area contributed by atoms with Gasteiger partial charge in [-0.1, -0.05) is 0 Å². The largest absolute Gasteiger partial charge is 0.493 e. The Morgan fingerprint density at radius 3 is 1.97 bits per heavy atom. The molecule has 0 bridgehead atoms. The fourth-order valence-corrected chi connectivity index (χ4v) is 3.60. The van der Waals surface area contributed by atoms with E-state index in [1.165, 1.54) is 0 Å². The zero-order chi connectivity index (χ0) is 24.1. The molecule has 0 unspecified atom stereocenters. The fraction of sp³-hybridized carbons (Fsp3) is 0.520. The molecule has 0 aromatic heterocycles. The van der Waals surface area contributed by atoms with Crippen molar-refractivity contribution in [3.63, 3.8) is 0 Å². The van der Waals surface area contributed by atoms with Crippen LogP contribution in [0.1, 0.15) is 18.4 Å². The minimum Gasteiger partial charge on any atom is -0.493 e. The van der Waals surface area contributed by atoms with Crippen molar-refractivity contribution in [2.45, 2.75) is 19.3 Å². The number of rotatable bonds is 16. The molecular formula is C25H40N4O4. The summed E-state index contributed by atoms with van der Waals surface area (Å²) in [5.41, 5.74) is 9.04. The van der Waals surface area contributed by atoms with Gasteiger partial charge < -0.3 is 40.2 Å². The van der Waals surface area contributed by atoms with Crippen LogP contribution in [-0.4, -0.2) is 68.2 Å². The van der Waals surface area contributed by atoms with Crippen LogP contribution in [0.5, 0.6) is 23.0 Å². The minimum atomic E-state index is 0.660. The molecule has 0 heterocycles. The first kappa shape index (κ1) is 26.4. The second kappa shape index (κ2) is 14.3. The summed E-state index contributed by atoms with van der Waals surface area (Å²) in [4.78, 5) is 2.23. The first-order valence-corrected chi connectivity index (χ1v) is 11.4. The lowest BCUT2D eigenvalue weighted by Crippen LogP contribution is -2.26. The molecule has 0 aliphatic rings. The van der Waals surface area contributed by atoms with Crippen LogP contribution >= 0.6 is 0 Å². The number of nitrogens with two attached hydrogens (primary N) is 1. The van der Waals surface area contributed by atoms with Crippen molar-refractivity contribution in [3.05, 3.63) is 35.9 Å². The Bertz CT molecular complexity index is 847. The Hall–Kier alpha value is -2.84. The number of hydrogen-bond donors (Lipinski definition) is 3. The Kier molecular flexibility index (Phi) is 11.5. The quantitative estimate of drug-likeness (QED) is 0.260. The zero-order valence-corrected chi connectivity index (χ0v) is 20.7. The zero-order valence-electron chi connectivity index (χ0n) is 20.7. The molecule has 4 N–H and O–H groups in total. The highest BCUT2D eigenvalue weighted by atomic mass is 16.5. The average Bonchev–Trinajstić information content (AvgIpc) is 2.84. The number of methoxy groups -OCH3 is 4. The third kappa shape index (κ3) is 8.22. The van der Waals surface area contributed by atoms with E-state index in [9.17, 15) is 0 Å². The van der Waals surface area contributed by atoms with Crippen LogP contribution in [0.2, 0.25) is 0 Å². The molecule has 2 rings (SSSR count). The molecule has 0 atom stereocenters. The summed E-state index contributed by atoms with van der Waals surface area (Å²) in [7, 11) is 8.65. The van der Waals surface area contributed by atoms with Crippen molar-refractivity contribution >= 4 is 11.4 Å². The van der Waals surface area contributed by atoms with Crippen molar-refractivity contribution in [3.8, 4) is 23.0 Å². The molecule has 33 heavy (non-hydrogen) atoms. The van der Waals surface area contributed by atoms with Gasteiger partial charge in [0.05, 0.1) is 28.4 Å². The van der Waals surface area contributed by atoms with Gasteiger partial charge in [0, 0.05) is 37.1 Å². The number of ether oxygens (including phenoxy) is 4. The van der Waals surface area contributed by atoms with E-state index < -0.39 is 0 Å². The molecule has 0 saturated carbocycles. The van der Waals surface area contributed by atoms with E-state index in [-0.39, 0.29) is 0 Å². The number of benzene rings is 2. The molecule has 0 aliphatic carbocycles. The lowest BCUT2D eigenvalue weighted by atomic mass is 10.1. The second-order valence-corrected chi connectivity index (χ2v) is 7.82. The summed E-state index contributed by atoms with van der Waals surface area (Å²) in [5.74, 6) is 2.87. The van der Waals surface area contributed by atoms with Gasteiger partial charge in [-0.15, -0.1) is 0 Å². The lowest BCUT2D eigenvalue weighted by Gasteiger charge is -2.20. The summed E-state index contributed by atoms with van der Waals surface area (Å²) in [6, 6.07) is 9.77. The Balaban J connectivity index is 1.56. The van der Waals surface area contributed by atoms with E-state index in [1.54, 1.807) is 28.4 Å². The Morgan fingerprint density at radius 1 is 0.727 bits per heavy atom. The Labute approximate surface area is 198 Å².